The van der Waals surface area contributed by atoms with E-state index in [1.807, 2.05) is 43.0 Å². The molecule has 0 spiro atoms. The van der Waals surface area contributed by atoms with Gasteiger partial charge in [-0.25, -0.2) is 0 Å². The zero-order valence-corrected chi connectivity index (χ0v) is 17.0. The van der Waals surface area contributed by atoms with Crippen molar-refractivity contribution in [2.75, 3.05) is 40.4 Å². The number of ether oxygens (including phenoxy) is 2. The molecule has 0 aromatic heterocycles. The van der Waals surface area contributed by atoms with E-state index in [1.54, 1.807) is 20.3 Å². The number of hydrogen-bond donors (Lipinski definition) is 1. The van der Waals surface area contributed by atoms with Crippen LogP contribution >= 0.6 is 0 Å². The standard InChI is InChI=1S/C22H28N2O4/c1-15-5-7-19(21(25)16(15)2)22(26)24-11-9-23(10-12-24)14-17-13-18(27-3)6-8-20(17)28-4/h5-8,13,25H,9-12,14H2,1-4H3. The molecular weight excluding hydrogens is 356 g/mol. The molecule has 6 heteroatoms. The second-order valence-corrected chi connectivity index (χ2v) is 7.15. The lowest BCUT2D eigenvalue weighted by Crippen LogP contribution is -2.48. The summed E-state index contributed by atoms with van der Waals surface area (Å²) in [4.78, 5) is 16.9. The van der Waals surface area contributed by atoms with Crippen LogP contribution < -0.4 is 9.47 Å². The number of benzene rings is 2. The molecule has 0 radical (unpaired) electrons. The van der Waals surface area contributed by atoms with Crippen LogP contribution in [0.15, 0.2) is 30.3 Å². The number of aromatic hydroxyl groups is 1. The molecule has 1 N–H and O–H groups in total. The maximum atomic E-state index is 12.8. The van der Waals surface area contributed by atoms with E-state index in [0.29, 0.717) is 18.7 Å². The van der Waals surface area contributed by atoms with Gasteiger partial charge in [-0.05, 0) is 49.2 Å². The van der Waals surface area contributed by atoms with E-state index in [0.717, 1.165) is 47.8 Å². The van der Waals surface area contributed by atoms with Gasteiger partial charge in [0.05, 0.1) is 19.8 Å². The van der Waals surface area contributed by atoms with Crippen LogP contribution in [-0.2, 0) is 6.54 Å². The fourth-order valence-corrected chi connectivity index (χ4v) is 3.50. The number of phenols is 1. The molecule has 28 heavy (non-hydrogen) atoms. The van der Waals surface area contributed by atoms with E-state index in [-0.39, 0.29) is 11.7 Å². The predicted octanol–water partition coefficient (Wildman–Crippen LogP) is 2.98. The van der Waals surface area contributed by atoms with Crippen molar-refractivity contribution in [2.45, 2.75) is 20.4 Å². The molecule has 1 heterocycles. The average molecular weight is 384 g/mol. The first-order chi connectivity index (χ1) is 13.4. The number of methoxy groups -OCH3 is 2. The number of phenolic OH excluding ortho intramolecular Hbond substituents is 1. The normalized spacial score (nSPS) is 14.8. The number of rotatable bonds is 5. The smallest absolute Gasteiger partial charge is 0.257 e. The Morgan fingerprint density at radius 2 is 1.75 bits per heavy atom. The van der Waals surface area contributed by atoms with E-state index in [2.05, 4.69) is 4.90 Å². The van der Waals surface area contributed by atoms with Crippen LogP contribution in [0.25, 0.3) is 0 Å². The molecule has 6 nitrogen and oxygen atoms in total. The van der Waals surface area contributed by atoms with Crippen molar-refractivity contribution < 1.29 is 19.4 Å². The Morgan fingerprint density at radius 1 is 1.04 bits per heavy atom. The Balaban J connectivity index is 1.65. The maximum absolute atomic E-state index is 12.8. The Hall–Kier alpha value is -2.73. The van der Waals surface area contributed by atoms with Crippen molar-refractivity contribution in [2.24, 2.45) is 0 Å². The van der Waals surface area contributed by atoms with Crippen molar-refractivity contribution in [1.82, 2.24) is 9.80 Å². The number of aryl methyl sites for hydroxylation is 1. The Labute approximate surface area is 166 Å². The van der Waals surface area contributed by atoms with Gasteiger partial charge in [0.1, 0.15) is 17.2 Å². The lowest BCUT2D eigenvalue weighted by atomic mass is 10.0. The number of amides is 1. The van der Waals surface area contributed by atoms with Crippen molar-refractivity contribution in [1.29, 1.82) is 0 Å². The van der Waals surface area contributed by atoms with Gasteiger partial charge in [0.2, 0.25) is 0 Å². The molecule has 3 rings (SSSR count). The van der Waals surface area contributed by atoms with Crippen LogP contribution in [0.3, 0.4) is 0 Å². The van der Waals surface area contributed by atoms with Gasteiger partial charge in [0.25, 0.3) is 5.91 Å². The monoisotopic (exact) mass is 384 g/mol. The van der Waals surface area contributed by atoms with Crippen LogP contribution in [0.5, 0.6) is 17.2 Å². The van der Waals surface area contributed by atoms with Crippen LogP contribution in [0, 0.1) is 13.8 Å². The minimum atomic E-state index is -0.112. The number of hydrogen-bond acceptors (Lipinski definition) is 5. The van der Waals surface area contributed by atoms with Crippen LogP contribution in [0.4, 0.5) is 0 Å². The van der Waals surface area contributed by atoms with Crippen molar-refractivity contribution in [3.63, 3.8) is 0 Å². The van der Waals surface area contributed by atoms with Crippen LogP contribution in [-0.4, -0.2) is 61.2 Å². The van der Waals surface area contributed by atoms with Crippen molar-refractivity contribution >= 4 is 5.91 Å². The largest absolute Gasteiger partial charge is 0.507 e. The van der Waals surface area contributed by atoms with E-state index >= 15 is 0 Å². The third-order valence-electron chi connectivity index (χ3n) is 5.47. The van der Waals surface area contributed by atoms with Gasteiger partial charge in [-0.15, -0.1) is 0 Å². The molecule has 0 aliphatic carbocycles. The topological polar surface area (TPSA) is 62.2 Å². The molecule has 1 aliphatic rings. The van der Waals surface area contributed by atoms with Crippen molar-refractivity contribution in [3.05, 3.63) is 52.6 Å². The fourth-order valence-electron chi connectivity index (χ4n) is 3.50. The fraction of sp³-hybridized carbons (Fsp3) is 0.409. The summed E-state index contributed by atoms with van der Waals surface area (Å²) in [5.74, 6) is 1.61. The van der Waals surface area contributed by atoms with Gasteiger partial charge in [0, 0.05) is 38.3 Å². The van der Waals surface area contributed by atoms with Gasteiger partial charge in [-0.1, -0.05) is 6.07 Å². The summed E-state index contributed by atoms with van der Waals surface area (Å²) in [7, 11) is 3.32. The molecule has 150 valence electrons. The first kappa shape index (κ1) is 20.0. The zero-order chi connectivity index (χ0) is 20.3. The van der Waals surface area contributed by atoms with E-state index in [1.165, 1.54) is 0 Å². The molecule has 2 aromatic rings. The highest BCUT2D eigenvalue weighted by Gasteiger charge is 2.25. The molecule has 0 saturated carbocycles. The van der Waals surface area contributed by atoms with Crippen molar-refractivity contribution in [3.8, 4) is 17.2 Å². The molecule has 0 atom stereocenters. The van der Waals surface area contributed by atoms with Gasteiger partial charge in [-0.3, -0.25) is 9.69 Å². The number of nitrogens with zero attached hydrogens (tertiary/aromatic N) is 2. The molecular formula is C22H28N2O4. The van der Waals surface area contributed by atoms with Crippen LogP contribution in [0.1, 0.15) is 27.0 Å². The molecule has 1 saturated heterocycles. The van der Waals surface area contributed by atoms with Gasteiger partial charge >= 0.3 is 0 Å². The lowest BCUT2D eigenvalue weighted by Gasteiger charge is -2.35. The highest BCUT2D eigenvalue weighted by atomic mass is 16.5. The van der Waals surface area contributed by atoms with Gasteiger partial charge in [0.15, 0.2) is 0 Å². The minimum absolute atomic E-state index is 0.0912. The molecule has 0 unspecified atom stereocenters. The summed E-state index contributed by atoms with van der Waals surface area (Å²) >= 11 is 0. The quantitative estimate of drug-likeness (QED) is 0.859. The third kappa shape index (κ3) is 4.07. The maximum Gasteiger partial charge on any atom is 0.257 e. The Kier molecular flexibility index (Phi) is 6.09. The lowest BCUT2D eigenvalue weighted by molar-refractivity contribution is 0.0624. The molecule has 0 bridgehead atoms. The third-order valence-corrected chi connectivity index (χ3v) is 5.47. The summed E-state index contributed by atoms with van der Waals surface area (Å²) in [6.45, 7) is 7.26. The van der Waals surface area contributed by atoms with Gasteiger partial charge < -0.3 is 19.5 Å². The SMILES string of the molecule is COc1ccc(OC)c(CN2CCN(C(=O)c3ccc(C)c(C)c3O)CC2)c1. The van der Waals surface area contributed by atoms with Crippen LogP contribution in [0.2, 0.25) is 0 Å². The summed E-state index contributed by atoms with van der Waals surface area (Å²) in [5.41, 5.74) is 3.18. The second kappa shape index (κ2) is 8.52. The molecule has 1 fully saturated rings. The summed E-state index contributed by atoms with van der Waals surface area (Å²) < 4.78 is 10.8. The highest BCUT2D eigenvalue weighted by Crippen LogP contribution is 2.28. The average Bonchev–Trinajstić information content (AvgIpc) is 2.72. The minimum Gasteiger partial charge on any atom is -0.507 e. The number of carbonyl (C=O) groups excluding carboxylic acids is 1. The molecule has 2 aromatic carbocycles. The first-order valence-electron chi connectivity index (χ1n) is 9.46. The number of carbonyl (C=O) groups is 1. The summed E-state index contributed by atoms with van der Waals surface area (Å²) in [6, 6.07) is 9.38. The first-order valence-corrected chi connectivity index (χ1v) is 9.46. The van der Waals surface area contributed by atoms with E-state index < -0.39 is 0 Å². The molecule has 1 amide bonds. The summed E-state index contributed by atoms with van der Waals surface area (Å²) in [5, 5.41) is 10.3. The predicted molar refractivity (Wildman–Crippen MR) is 108 cm³/mol. The van der Waals surface area contributed by atoms with E-state index in [9.17, 15) is 9.90 Å². The Bertz CT molecular complexity index is 858. The molecule has 1 aliphatic heterocycles. The summed E-state index contributed by atoms with van der Waals surface area (Å²) in [6.07, 6.45) is 0. The van der Waals surface area contributed by atoms with E-state index in [4.69, 9.17) is 9.47 Å². The number of piperazine rings is 1. The second-order valence-electron chi connectivity index (χ2n) is 7.15. The van der Waals surface area contributed by atoms with Gasteiger partial charge in [-0.2, -0.15) is 0 Å². The Morgan fingerprint density at radius 3 is 2.39 bits per heavy atom. The zero-order valence-electron chi connectivity index (χ0n) is 17.0. The highest BCUT2D eigenvalue weighted by molar-refractivity contribution is 5.97.